The van der Waals surface area contributed by atoms with Crippen LogP contribution in [0.4, 0.5) is 0 Å². The monoisotopic (exact) mass is 403 g/mol. The topological polar surface area (TPSA) is 107 Å². The van der Waals surface area contributed by atoms with Crippen molar-refractivity contribution in [3.63, 3.8) is 0 Å². The summed E-state index contributed by atoms with van der Waals surface area (Å²) in [6.45, 7) is 0. The number of imide groups is 1. The Morgan fingerprint density at radius 1 is 1.10 bits per heavy atom. The zero-order valence-corrected chi connectivity index (χ0v) is 15.8. The second-order valence-corrected chi connectivity index (χ2v) is 7.18. The first-order valence-corrected chi connectivity index (χ1v) is 9.56. The zero-order chi connectivity index (χ0) is 20.7. The number of hydrogen-bond donors (Lipinski definition) is 1. The highest BCUT2D eigenvalue weighted by molar-refractivity contribution is 6.00. The summed E-state index contributed by atoms with van der Waals surface area (Å²) in [5.74, 6) is -0.928. The molecule has 0 bridgehead atoms. The van der Waals surface area contributed by atoms with Crippen molar-refractivity contribution in [1.29, 1.82) is 0 Å². The molecule has 1 unspecified atom stereocenters. The molecule has 1 saturated heterocycles. The molecule has 2 aromatic heterocycles. The molecule has 4 aromatic rings. The second kappa shape index (κ2) is 7.14. The normalized spacial score (nSPS) is 16.7. The number of nitrogens with zero attached hydrogens (tertiary/aromatic N) is 2. The van der Waals surface area contributed by atoms with E-state index >= 15 is 0 Å². The predicted octanol–water partition coefficient (Wildman–Crippen LogP) is 2.82. The van der Waals surface area contributed by atoms with Crippen molar-refractivity contribution in [3.8, 4) is 11.3 Å². The minimum Gasteiger partial charge on any atom is -0.448 e. The number of carbonyl (C=O) groups is 2. The molecule has 8 heteroatoms. The number of fused-ring (bicyclic) bond motifs is 1. The van der Waals surface area contributed by atoms with Crippen LogP contribution in [0.15, 0.2) is 68.4 Å². The molecule has 0 radical (unpaired) electrons. The molecule has 5 rings (SSSR count). The number of carbonyl (C=O) groups excluding carboxylic acids is 2. The van der Waals surface area contributed by atoms with Crippen LogP contribution in [0.3, 0.4) is 0 Å². The molecule has 2 aromatic carbocycles. The number of oxazole rings is 2. The van der Waals surface area contributed by atoms with Crippen molar-refractivity contribution in [3.05, 3.63) is 76.8 Å². The summed E-state index contributed by atoms with van der Waals surface area (Å²) in [4.78, 5) is 40.6. The molecule has 0 aliphatic carbocycles. The van der Waals surface area contributed by atoms with E-state index in [1.807, 2.05) is 36.4 Å². The number of hydrogen-bond acceptors (Lipinski definition) is 6. The lowest BCUT2D eigenvalue weighted by molar-refractivity contribution is -0.135. The molecule has 2 amide bonds. The Labute approximate surface area is 170 Å². The lowest BCUT2D eigenvalue weighted by atomic mass is 10.1. The quantitative estimate of drug-likeness (QED) is 0.525. The SMILES string of the molecule is O=C1CCC(n2c(=O)oc3ccc(Cc4nc(-c5ccccc5)co4)cc32)C(=O)N1. The second-order valence-electron chi connectivity index (χ2n) is 7.18. The van der Waals surface area contributed by atoms with E-state index < -0.39 is 17.7 Å². The highest BCUT2D eigenvalue weighted by atomic mass is 16.4. The number of rotatable bonds is 4. The largest absolute Gasteiger partial charge is 0.448 e. The third kappa shape index (κ3) is 3.22. The molecule has 1 atom stereocenters. The average Bonchev–Trinajstić information content (AvgIpc) is 3.33. The van der Waals surface area contributed by atoms with Gasteiger partial charge in [-0.3, -0.25) is 19.5 Å². The molecule has 30 heavy (non-hydrogen) atoms. The zero-order valence-electron chi connectivity index (χ0n) is 15.8. The summed E-state index contributed by atoms with van der Waals surface area (Å²) >= 11 is 0. The van der Waals surface area contributed by atoms with Gasteiger partial charge in [-0.2, -0.15) is 0 Å². The fraction of sp³-hybridized carbons (Fsp3) is 0.182. The van der Waals surface area contributed by atoms with E-state index in [4.69, 9.17) is 8.83 Å². The number of aromatic nitrogens is 2. The maximum Gasteiger partial charge on any atom is 0.420 e. The van der Waals surface area contributed by atoms with Crippen molar-refractivity contribution in [2.24, 2.45) is 0 Å². The lowest BCUT2D eigenvalue weighted by Gasteiger charge is -2.21. The molecule has 150 valence electrons. The number of benzene rings is 2. The van der Waals surface area contributed by atoms with Gasteiger partial charge in [0.15, 0.2) is 11.5 Å². The Balaban J connectivity index is 1.47. The molecule has 1 aliphatic rings. The first-order valence-electron chi connectivity index (χ1n) is 9.56. The van der Waals surface area contributed by atoms with Gasteiger partial charge < -0.3 is 8.83 Å². The van der Waals surface area contributed by atoms with Crippen LogP contribution in [0.1, 0.15) is 30.3 Å². The molecule has 0 spiro atoms. The fourth-order valence-corrected chi connectivity index (χ4v) is 3.72. The molecule has 1 fully saturated rings. The van der Waals surface area contributed by atoms with Crippen molar-refractivity contribution in [2.75, 3.05) is 0 Å². The standard InChI is InChI=1S/C22H17N3O5/c26-19-9-7-16(21(27)24-19)25-17-10-13(6-8-18(17)30-22(25)28)11-20-23-15(12-29-20)14-4-2-1-3-5-14/h1-6,8,10,12,16H,7,9,11H2,(H,24,26,27). The van der Waals surface area contributed by atoms with Gasteiger partial charge in [0.2, 0.25) is 11.8 Å². The van der Waals surface area contributed by atoms with E-state index in [2.05, 4.69) is 10.3 Å². The van der Waals surface area contributed by atoms with Gasteiger partial charge in [0.1, 0.15) is 18.0 Å². The minimum atomic E-state index is -0.780. The molecule has 8 nitrogen and oxygen atoms in total. The lowest BCUT2D eigenvalue weighted by Crippen LogP contribution is -2.43. The maximum absolute atomic E-state index is 12.4. The first-order chi connectivity index (χ1) is 14.6. The van der Waals surface area contributed by atoms with Gasteiger partial charge in [-0.05, 0) is 24.1 Å². The average molecular weight is 403 g/mol. The molecular formula is C22H17N3O5. The van der Waals surface area contributed by atoms with Crippen LogP contribution in [-0.2, 0) is 16.0 Å². The summed E-state index contributed by atoms with van der Waals surface area (Å²) in [5, 5.41) is 2.28. The van der Waals surface area contributed by atoms with Crippen LogP contribution in [0.5, 0.6) is 0 Å². The van der Waals surface area contributed by atoms with Crippen LogP contribution < -0.4 is 11.1 Å². The fourth-order valence-electron chi connectivity index (χ4n) is 3.72. The van der Waals surface area contributed by atoms with E-state index in [0.29, 0.717) is 23.4 Å². The molecule has 0 saturated carbocycles. The van der Waals surface area contributed by atoms with Crippen molar-refractivity contribution >= 4 is 22.9 Å². The first kappa shape index (κ1) is 18.1. The summed E-state index contributed by atoms with van der Waals surface area (Å²) in [7, 11) is 0. The van der Waals surface area contributed by atoms with Crippen molar-refractivity contribution < 1.29 is 18.4 Å². The van der Waals surface area contributed by atoms with E-state index in [1.165, 1.54) is 4.57 Å². The Morgan fingerprint density at radius 2 is 1.93 bits per heavy atom. The highest BCUT2D eigenvalue weighted by Crippen LogP contribution is 2.25. The summed E-state index contributed by atoms with van der Waals surface area (Å²) in [5.41, 5.74) is 3.44. The van der Waals surface area contributed by atoms with Gasteiger partial charge in [-0.15, -0.1) is 0 Å². The van der Waals surface area contributed by atoms with E-state index in [0.717, 1.165) is 16.8 Å². The van der Waals surface area contributed by atoms with E-state index in [9.17, 15) is 14.4 Å². The minimum absolute atomic E-state index is 0.174. The van der Waals surface area contributed by atoms with Crippen LogP contribution >= 0.6 is 0 Å². The number of piperidine rings is 1. The number of nitrogens with one attached hydrogen (secondary N) is 1. The summed E-state index contributed by atoms with van der Waals surface area (Å²) < 4.78 is 12.2. The van der Waals surface area contributed by atoms with Crippen LogP contribution in [0.2, 0.25) is 0 Å². The van der Waals surface area contributed by atoms with Crippen LogP contribution in [0.25, 0.3) is 22.4 Å². The predicted molar refractivity (Wildman–Crippen MR) is 107 cm³/mol. The molecule has 1 aliphatic heterocycles. The van der Waals surface area contributed by atoms with Crippen molar-refractivity contribution in [2.45, 2.75) is 25.3 Å². The molecule has 1 N–H and O–H groups in total. The van der Waals surface area contributed by atoms with Crippen LogP contribution in [0, 0.1) is 0 Å². The van der Waals surface area contributed by atoms with E-state index in [1.54, 1.807) is 18.4 Å². The molecular weight excluding hydrogens is 386 g/mol. The Hall–Kier alpha value is -3.94. The Morgan fingerprint density at radius 3 is 2.73 bits per heavy atom. The van der Waals surface area contributed by atoms with Gasteiger partial charge in [0.25, 0.3) is 0 Å². The van der Waals surface area contributed by atoms with Crippen molar-refractivity contribution in [1.82, 2.24) is 14.9 Å². The van der Waals surface area contributed by atoms with E-state index in [-0.39, 0.29) is 18.7 Å². The summed E-state index contributed by atoms with van der Waals surface area (Å²) in [6, 6.07) is 14.2. The highest BCUT2D eigenvalue weighted by Gasteiger charge is 2.31. The smallest absolute Gasteiger partial charge is 0.420 e. The van der Waals surface area contributed by atoms with Gasteiger partial charge in [0.05, 0.1) is 5.52 Å². The summed E-state index contributed by atoms with van der Waals surface area (Å²) in [6.07, 6.45) is 2.45. The third-order valence-corrected chi connectivity index (χ3v) is 5.18. The molecule has 3 heterocycles. The van der Waals surface area contributed by atoms with Gasteiger partial charge in [-0.1, -0.05) is 36.4 Å². The van der Waals surface area contributed by atoms with Gasteiger partial charge in [-0.25, -0.2) is 9.78 Å². The Bertz CT molecular complexity index is 1320. The van der Waals surface area contributed by atoms with Crippen LogP contribution in [-0.4, -0.2) is 21.4 Å². The van der Waals surface area contributed by atoms with Gasteiger partial charge >= 0.3 is 5.76 Å². The Kier molecular flexibility index (Phi) is 4.31. The third-order valence-electron chi connectivity index (χ3n) is 5.18. The van der Waals surface area contributed by atoms with Gasteiger partial charge in [0, 0.05) is 18.4 Å². The maximum atomic E-state index is 12.4. The number of amides is 2.